The van der Waals surface area contributed by atoms with Gasteiger partial charge in [-0.3, -0.25) is 10.1 Å². The topological polar surface area (TPSA) is 80.5 Å². The van der Waals surface area contributed by atoms with Crippen LogP contribution in [-0.2, 0) is 12.8 Å². The number of nitrogens with two attached hydrogens (primary N) is 1. The molecule has 5 nitrogen and oxygen atoms in total. The highest BCUT2D eigenvalue weighted by Gasteiger charge is 2.23. The van der Waals surface area contributed by atoms with E-state index in [9.17, 15) is 0 Å². The molecule has 4 rings (SSSR count). The Bertz CT molecular complexity index is 760. The van der Waals surface area contributed by atoms with Gasteiger partial charge >= 0.3 is 0 Å². The van der Waals surface area contributed by atoms with Crippen LogP contribution in [0.25, 0.3) is 22.2 Å². The molecule has 0 amide bonds. The highest BCUT2D eigenvalue weighted by molar-refractivity contribution is 6.01. The van der Waals surface area contributed by atoms with E-state index < -0.39 is 0 Å². The lowest BCUT2D eigenvalue weighted by Gasteiger charge is -2.09. The third kappa shape index (κ3) is 1.44. The molecule has 3 heterocycles. The first-order valence-electron chi connectivity index (χ1n) is 6.40. The van der Waals surface area contributed by atoms with Crippen molar-refractivity contribution >= 4 is 16.9 Å². The van der Waals surface area contributed by atoms with Gasteiger partial charge in [0.05, 0.1) is 5.39 Å². The maximum Gasteiger partial charge on any atom is 0.184 e. The molecular weight excluding hydrogens is 238 g/mol. The van der Waals surface area contributed by atoms with E-state index in [0.717, 1.165) is 41.5 Å². The number of pyridine rings is 2. The van der Waals surface area contributed by atoms with Gasteiger partial charge in [-0.1, -0.05) is 6.07 Å². The van der Waals surface area contributed by atoms with Crippen LogP contribution in [0.5, 0.6) is 0 Å². The minimum atomic E-state index is 0.580. The van der Waals surface area contributed by atoms with Crippen molar-refractivity contribution in [2.75, 3.05) is 5.73 Å². The van der Waals surface area contributed by atoms with Crippen LogP contribution in [0.15, 0.2) is 24.5 Å². The van der Waals surface area contributed by atoms with Gasteiger partial charge in [-0.25, -0.2) is 4.98 Å². The van der Waals surface area contributed by atoms with Gasteiger partial charge in [0.25, 0.3) is 0 Å². The van der Waals surface area contributed by atoms with Crippen molar-refractivity contribution in [3.05, 3.63) is 35.8 Å². The monoisotopic (exact) mass is 251 g/mol. The lowest BCUT2D eigenvalue weighted by atomic mass is 9.98. The SMILES string of the molecule is Nc1[nH]nc2nc3c(c(-c4cccnc4)c12)CCC3. The molecule has 1 aliphatic carbocycles. The van der Waals surface area contributed by atoms with Gasteiger partial charge in [-0.15, -0.1) is 0 Å². The van der Waals surface area contributed by atoms with Crippen LogP contribution in [0.2, 0.25) is 0 Å². The van der Waals surface area contributed by atoms with E-state index in [4.69, 9.17) is 5.73 Å². The Kier molecular flexibility index (Phi) is 2.09. The van der Waals surface area contributed by atoms with Crippen LogP contribution in [0.3, 0.4) is 0 Å². The summed E-state index contributed by atoms with van der Waals surface area (Å²) >= 11 is 0. The summed E-state index contributed by atoms with van der Waals surface area (Å²) in [5.41, 5.74) is 11.4. The fourth-order valence-corrected chi connectivity index (χ4v) is 2.90. The third-order valence-electron chi connectivity index (χ3n) is 3.71. The van der Waals surface area contributed by atoms with Gasteiger partial charge in [-0.05, 0) is 30.9 Å². The Morgan fingerprint density at radius 2 is 2.21 bits per heavy atom. The number of nitrogens with zero attached hydrogens (tertiary/aromatic N) is 3. The quantitative estimate of drug-likeness (QED) is 0.694. The van der Waals surface area contributed by atoms with Gasteiger partial charge in [0, 0.05) is 29.2 Å². The number of H-pyrrole nitrogens is 1. The second-order valence-electron chi connectivity index (χ2n) is 4.84. The summed E-state index contributed by atoms with van der Waals surface area (Å²) in [7, 11) is 0. The standard InChI is InChI=1S/C14H13N5/c15-13-12-11(8-3-2-6-16-7-8)9-4-1-5-10(9)17-14(12)19-18-13/h2-3,6-7H,1,4-5H2,(H3,15,17,18,19). The number of aromatic amines is 1. The van der Waals surface area contributed by atoms with Crippen LogP contribution < -0.4 is 5.73 Å². The first-order chi connectivity index (χ1) is 9.34. The van der Waals surface area contributed by atoms with Crippen LogP contribution in [0.4, 0.5) is 5.82 Å². The Balaban J connectivity index is 2.15. The van der Waals surface area contributed by atoms with Crippen molar-refractivity contribution in [1.29, 1.82) is 0 Å². The summed E-state index contributed by atoms with van der Waals surface area (Å²) in [4.78, 5) is 8.84. The number of hydrogen-bond donors (Lipinski definition) is 2. The maximum atomic E-state index is 6.03. The van der Waals surface area contributed by atoms with Crippen molar-refractivity contribution in [1.82, 2.24) is 20.2 Å². The zero-order valence-electron chi connectivity index (χ0n) is 10.3. The molecule has 0 saturated carbocycles. The zero-order chi connectivity index (χ0) is 12.8. The van der Waals surface area contributed by atoms with E-state index >= 15 is 0 Å². The summed E-state index contributed by atoms with van der Waals surface area (Å²) in [5, 5.41) is 7.96. The first kappa shape index (κ1) is 10.5. The van der Waals surface area contributed by atoms with Gasteiger partial charge in [-0.2, -0.15) is 5.10 Å². The van der Waals surface area contributed by atoms with Gasteiger partial charge in [0.2, 0.25) is 0 Å². The van der Waals surface area contributed by atoms with Crippen LogP contribution in [0.1, 0.15) is 17.7 Å². The van der Waals surface area contributed by atoms with Gasteiger partial charge < -0.3 is 5.73 Å². The summed E-state index contributed by atoms with van der Waals surface area (Å²) < 4.78 is 0. The van der Waals surface area contributed by atoms with E-state index in [2.05, 4.69) is 26.2 Å². The van der Waals surface area contributed by atoms with E-state index in [0.29, 0.717) is 11.5 Å². The number of fused-ring (bicyclic) bond motifs is 2. The summed E-state index contributed by atoms with van der Waals surface area (Å²) in [6.45, 7) is 0. The normalized spacial score (nSPS) is 13.9. The van der Waals surface area contributed by atoms with E-state index in [1.807, 2.05) is 12.3 Å². The molecule has 5 heteroatoms. The number of aryl methyl sites for hydroxylation is 1. The lowest BCUT2D eigenvalue weighted by molar-refractivity contribution is 0.900. The zero-order valence-corrected chi connectivity index (χ0v) is 10.3. The molecule has 3 aromatic rings. The van der Waals surface area contributed by atoms with Crippen LogP contribution >= 0.6 is 0 Å². The number of anilines is 1. The maximum absolute atomic E-state index is 6.03. The molecule has 19 heavy (non-hydrogen) atoms. The average molecular weight is 251 g/mol. The molecule has 0 radical (unpaired) electrons. The molecule has 0 unspecified atom stereocenters. The van der Waals surface area contributed by atoms with Crippen LogP contribution in [-0.4, -0.2) is 20.2 Å². The van der Waals surface area contributed by atoms with Crippen molar-refractivity contribution in [2.45, 2.75) is 19.3 Å². The van der Waals surface area contributed by atoms with Gasteiger partial charge in [0.15, 0.2) is 5.65 Å². The Morgan fingerprint density at radius 3 is 3.05 bits per heavy atom. The fourth-order valence-electron chi connectivity index (χ4n) is 2.90. The predicted octanol–water partition coefficient (Wildman–Crippen LogP) is 2.09. The third-order valence-corrected chi connectivity index (χ3v) is 3.71. The van der Waals surface area contributed by atoms with Crippen molar-refractivity contribution in [3.63, 3.8) is 0 Å². The van der Waals surface area contributed by atoms with Gasteiger partial charge in [0.1, 0.15) is 5.82 Å². The predicted molar refractivity (Wildman–Crippen MR) is 73.6 cm³/mol. The Morgan fingerprint density at radius 1 is 1.26 bits per heavy atom. The van der Waals surface area contributed by atoms with Crippen molar-refractivity contribution < 1.29 is 0 Å². The summed E-state index contributed by atoms with van der Waals surface area (Å²) in [5.74, 6) is 0.580. The Labute approximate surface area is 109 Å². The average Bonchev–Trinajstić information content (AvgIpc) is 3.05. The number of rotatable bonds is 1. The molecule has 3 N–H and O–H groups in total. The molecule has 0 saturated heterocycles. The molecule has 0 fully saturated rings. The Hall–Kier alpha value is -2.43. The number of nitrogens with one attached hydrogen (secondary N) is 1. The highest BCUT2D eigenvalue weighted by atomic mass is 15.2. The number of nitrogen functional groups attached to an aromatic ring is 1. The van der Waals surface area contributed by atoms with Crippen molar-refractivity contribution in [2.24, 2.45) is 0 Å². The molecule has 0 aliphatic heterocycles. The minimum absolute atomic E-state index is 0.580. The smallest absolute Gasteiger partial charge is 0.184 e. The van der Waals surface area contributed by atoms with Crippen molar-refractivity contribution in [3.8, 4) is 11.1 Å². The first-order valence-corrected chi connectivity index (χ1v) is 6.40. The van der Waals surface area contributed by atoms with E-state index in [-0.39, 0.29) is 0 Å². The molecule has 0 aromatic carbocycles. The fraction of sp³-hybridized carbons (Fsp3) is 0.214. The second-order valence-corrected chi connectivity index (χ2v) is 4.84. The lowest BCUT2D eigenvalue weighted by Crippen LogP contribution is -1.96. The molecule has 0 atom stereocenters. The van der Waals surface area contributed by atoms with E-state index in [1.54, 1.807) is 6.20 Å². The molecule has 3 aromatic heterocycles. The van der Waals surface area contributed by atoms with E-state index in [1.165, 1.54) is 5.56 Å². The molecule has 1 aliphatic rings. The highest BCUT2D eigenvalue weighted by Crippen LogP contribution is 2.38. The molecule has 94 valence electrons. The largest absolute Gasteiger partial charge is 0.383 e. The summed E-state index contributed by atoms with van der Waals surface area (Å²) in [6, 6.07) is 4.01. The second kappa shape index (κ2) is 3.78. The summed E-state index contributed by atoms with van der Waals surface area (Å²) in [6.07, 6.45) is 6.87. The number of aromatic nitrogens is 4. The minimum Gasteiger partial charge on any atom is -0.383 e. The molecule has 0 bridgehead atoms. The number of hydrogen-bond acceptors (Lipinski definition) is 4. The molecule has 0 spiro atoms. The molecular formula is C14H13N5. The van der Waals surface area contributed by atoms with Crippen LogP contribution in [0, 0.1) is 0 Å².